The highest BCUT2D eigenvalue weighted by molar-refractivity contribution is 7.00. The van der Waals surface area contributed by atoms with E-state index in [9.17, 15) is 0 Å². The van der Waals surface area contributed by atoms with E-state index in [0.717, 1.165) is 84.8 Å². The molecule has 4 aliphatic heterocycles. The zero-order valence-corrected chi connectivity index (χ0v) is 45.9. The zero-order chi connectivity index (χ0) is 52.3. The molecule has 0 aromatic heterocycles. The summed E-state index contributed by atoms with van der Waals surface area (Å²) in [6.45, 7) is 29.3. The maximum Gasteiger partial charge on any atom is 0.252 e. The van der Waals surface area contributed by atoms with Crippen molar-refractivity contribution in [2.24, 2.45) is 0 Å². The van der Waals surface area contributed by atoms with Crippen LogP contribution in [0.5, 0.6) is 23.0 Å². The highest BCUT2D eigenvalue weighted by Crippen LogP contribution is 2.51. The minimum atomic E-state index is -0.155. The van der Waals surface area contributed by atoms with Crippen molar-refractivity contribution >= 4 is 57.2 Å². The molecule has 0 bridgehead atoms. The Balaban J connectivity index is 1.18. The van der Waals surface area contributed by atoms with Gasteiger partial charge in [0, 0.05) is 40.6 Å². The number of rotatable bonds is 5. The minimum Gasteiger partial charge on any atom is -0.486 e. The summed E-state index contributed by atoms with van der Waals surface area (Å²) in [6.07, 6.45) is 0. The lowest BCUT2D eigenvalue weighted by atomic mass is 9.33. The van der Waals surface area contributed by atoms with E-state index in [4.69, 9.17) is 18.9 Å². The number of hydrogen-bond acceptors (Lipinski definition) is 6. The van der Waals surface area contributed by atoms with Gasteiger partial charge in [0.25, 0.3) is 6.71 Å². The van der Waals surface area contributed by atoms with Crippen LogP contribution in [-0.4, -0.2) is 33.1 Å². The molecule has 7 heteroatoms. The molecule has 0 saturated carbocycles. The summed E-state index contributed by atoms with van der Waals surface area (Å²) in [7, 11) is 0. The molecule has 0 fully saturated rings. The Labute approximate surface area is 445 Å². The van der Waals surface area contributed by atoms with Gasteiger partial charge >= 0.3 is 0 Å². The second-order valence-electron chi connectivity index (χ2n) is 25.2. The Morgan fingerprint density at radius 3 is 1.19 bits per heavy atom. The van der Waals surface area contributed by atoms with E-state index in [1.807, 2.05) is 0 Å². The third-order valence-corrected chi connectivity index (χ3v) is 15.8. The largest absolute Gasteiger partial charge is 0.486 e. The average Bonchev–Trinajstić information content (AvgIpc) is 3.41. The standard InChI is InChI=1S/C68H69BN2O4/c1-65(2,3)48-19-13-42(14-20-48)45-33-46(43-15-21-49(22-16-43)66(4,5)6)35-53(34-45)71-56-27-25-51(68(10,11)12)38-54(56)69-55-40-62-63(75-32-31-74-62)41-57(55)70(52-26-28-60-61(39-52)73-30-29-72-60)58-36-47(37-59(71)64(58)69)44-17-23-50(24-18-44)67(7,8)9/h13-28,33-41H,29-32H2,1-12H3. The fourth-order valence-corrected chi connectivity index (χ4v) is 11.5. The van der Waals surface area contributed by atoms with E-state index in [2.05, 4.69) is 245 Å². The third kappa shape index (κ3) is 8.72. The quantitative estimate of drug-likeness (QED) is 0.160. The normalized spacial score (nSPS) is 14.8. The number of hydrogen-bond donors (Lipinski definition) is 0. The number of anilines is 6. The topological polar surface area (TPSA) is 43.4 Å². The van der Waals surface area contributed by atoms with Crippen LogP contribution in [0.1, 0.15) is 105 Å². The van der Waals surface area contributed by atoms with E-state index >= 15 is 0 Å². The van der Waals surface area contributed by atoms with Crippen molar-refractivity contribution in [3.63, 3.8) is 0 Å². The van der Waals surface area contributed by atoms with Crippen LogP contribution in [0.15, 0.2) is 152 Å². The highest BCUT2D eigenvalue weighted by atomic mass is 16.6. The van der Waals surface area contributed by atoms with E-state index in [-0.39, 0.29) is 28.4 Å². The van der Waals surface area contributed by atoms with Crippen LogP contribution in [0.3, 0.4) is 0 Å². The van der Waals surface area contributed by atoms with Gasteiger partial charge in [0.05, 0.1) is 5.69 Å². The molecule has 0 spiro atoms. The summed E-state index contributed by atoms with van der Waals surface area (Å²) in [4.78, 5) is 5.00. The summed E-state index contributed by atoms with van der Waals surface area (Å²) in [5.41, 5.74) is 22.2. The van der Waals surface area contributed by atoms with Gasteiger partial charge in [0.2, 0.25) is 0 Å². The molecule has 0 unspecified atom stereocenters. The molecule has 0 N–H and O–H groups in total. The number of ether oxygens (including phenoxy) is 4. The lowest BCUT2D eigenvalue weighted by Gasteiger charge is -2.45. The molecule has 0 amide bonds. The smallest absolute Gasteiger partial charge is 0.252 e. The van der Waals surface area contributed by atoms with Crippen LogP contribution in [0.4, 0.5) is 34.1 Å². The first kappa shape index (κ1) is 48.6. The molecule has 0 radical (unpaired) electrons. The van der Waals surface area contributed by atoms with Gasteiger partial charge in [-0.25, -0.2) is 0 Å². The zero-order valence-electron chi connectivity index (χ0n) is 45.9. The first-order valence-electron chi connectivity index (χ1n) is 26.9. The van der Waals surface area contributed by atoms with E-state index < -0.39 is 0 Å². The molecular weight excluding hydrogens is 920 g/mol. The number of fused-ring (bicyclic) bond motifs is 6. The second kappa shape index (κ2) is 17.6. The summed E-state index contributed by atoms with van der Waals surface area (Å²) < 4.78 is 25.4. The van der Waals surface area contributed by atoms with Crippen molar-refractivity contribution in [1.29, 1.82) is 0 Å². The molecular formula is C68H69BN2O4. The van der Waals surface area contributed by atoms with Gasteiger partial charge in [-0.1, -0.05) is 168 Å². The predicted molar refractivity (Wildman–Crippen MR) is 314 cm³/mol. The molecule has 0 aliphatic carbocycles. The van der Waals surface area contributed by atoms with Gasteiger partial charge in [-0.2, -0.15) is 0 Å². The first-order valence-corrected chi connectivity index (χ1v) is 26.9. The van der Waals surface area contributed by atoms with Crippen molar-refractivity contribution in [1.82, 2.24) is 0 Å². The van der Waals surface area contributed by atoms with Crippen LogP contribution < -0.4 is 45.1 Å². The summed E-state index contributed by atoms with van der Waals surface area (Å²) >= 11 is 0. The van der Waals surface area contributed by atoms with Gasteiger partial charge in [0.1, 0.15) is 26.4 Å². The number of nitrogens with zero attached hydrogens (tertiary/aromatic N) is 2. The van der Waals surface area contributed by atoms with E-state index in [0.29, 0.717) is 26.4 Å². The van der Waals surface area contributed by atoms with Crippen LogP contribution in [-0.2, 0) is 21.7 Å². The molecule has 8 aromatic carbocycles. The third-order valence-electron chi connectivity index (χ3n) is 15.8. The first-order chi connectivity index (χ1) is 35.7. The van der Waals surface area contributed by atoms with Crippen molar-refractivity contribution in [2.75, 3.05) is 36.2 Å². The molecule has 75 heavy (non-hydrogen) atoms. The van der Waals surface area contributed by atoms with Gasteiger partial charge < -0.3 is 28.7 Å². The van der Waals surface area contributed by atoms with Gasteiger partial charge in [-0.15, -0.1) is 0 Å². The van der Waals surface area contributed by atoms with Crippen LogP contribution in [0.2, 0.25) is 0 Å². The molecule has 12 rings (SSSR count). The van der Waals surface area contributed by atoms with Crippen LogP contribution >= 0.6 is 0 Å². The molecule has 0 saturated heterocycles. The van der Waals surface area contributed by atoms with Gasteiger partial charge in [-0.05, 0) is 148 Å². The minimum absolute atomic E-state index is 0.00649. The van der Waals surface area contributed by atoms with Crippen molar-refractivity contribution in [3.05, 3.63) is 174 Å². The molecule has 8 aromatic rings. The fraction of sp³-hybridized carbons (Fsp3) is 0.294. The lowest BCUT2D eigenvalue weighted by Crippen LogP contribution is -2.61. The maximum atomic E-state index is 6.47. The van der Waals surface area contributed by atoms with Crippen molar-refractivity contribution in [2.45, 2.75) is 105 Å². The molecule has 4 heterocycles. The monoisotopic (exact) mass is 989 g/mol. The summed E-state index contributed by atoms with van der Waals surface area (Å²) in [5.74, 6) is 3.01. The van der Waals surface area contributed by atoms with Crippen LogP contribution in [0.25, 0.3) is 33.4 Å². The van der Waals surface area contributed by atoms with Crippen LogP contribution in [0, 0.1) is 0 Å². The van der Waals surface area contributed by atoms with E-state index in [1.165, 1.54) is 44.3 Å². The Morgan fingerprint density at radius 2 is 0.707 bits per heavy atom. The van der Waals surface area contributed by atoms with E-state index in [1.54, 1.807) is 0 Å². The second-order valence-corrected chi connectivity index (χ2v) is 25.2. The summed E-state index contributed by atoms with van der Waals surface area (Å²) in [6, 6.07) is 57.8. The molecule has 0 atom stereocenters. The highest BCUT2D eigenvalue weighted by Gasteiger charge is 2.45. The summed E-state index contributed by atoms with van der Waals surface area (Å²) in [5, 5.41) is 0. The fourth-order valence-electron chi connectivity index (χ4n) is 11.5. The van der Waals surface area contributed by atoms with Gasteiger partial charge in [-0.3, -0.25) is 0 Å². The Bertz CT molecular complexity index is 3460. The SMILES string of the molecule is CC(C)(C)c1ccc(-c2cc(-c3ccc(C(C)(C)C)cc3)cc(N3c4ccc(C(C)(C)C)cc4B4c5cc6c(cc5N(c5ccc7c(c5)OCCO7)c5cc(-c7ccc(C(C)(C)C)cc7)cc3c54)OCCO6)c2)cc1. The van der Waals surface area contributed by atoms with Gasteiger partial charge in [0.15, 0.2) is 23.0 Å². The predicted octanol–water partition coefficient (Wildman–Crippen LogP) is 15.5. The number of benzene rings is 8. The molecule has 6 nitrogen and oxygen atoms in total. The maximum absolute atomic E-state index is 6.47. The van der Waals surface area contributed by atoms with Crippen molar-refractivity contribution < 1.29 is 18.9 Å². The average molecular weight is 989 g/mol. The molecule has 378 valence electrons. The Kier molecular flexibility index (Phi) is 11.4. The van der Waals surface area contributed by atoms with Crippen molar-refractivity contribution in [3.8, 4) is 56.4 Å². The molecule has 4 aliphatic rings. The Morgan fingerprint density at radius 1 is 0.307 bits per heavy atom. The Hall–Kier alpha value is -7.38. The lowest BCUT2D eigenvalue weighted by molar-refractivity contribution is 0.171.